The van der Waals surface area contributed by atoms with E-state index in [4.69, 9.17) is 9.97 Å². The maximum Gasteiger partial charge on any atom is 0.0867 e. The molecule has 4 nitrogen and oxygen atoms in total. The Morgan fingerprint density at radius 2 is 1.13 bits per heavy atom. The summed E-state index contributed by atoms with van der Waals surface area (Å²) in [5, 5.41) is 0. The van der Waals surface area contributed by atoms with E-state index in [1.807, 2.05) is 73.1 Å². The molecule has 0 saturated heterocycles. The molecule has 4 rings (SSSR count). The quantitative estimate of drug-likeness (QED) is 0.597. The molecule has 0 amide bonds. The molecule has 2 N–H and O–H groups in total. The number of rotatable bonds is 4. The first-order valence-corrected chi connectivity index (χ1v) is 7.58. The van der Waals surface area contributed by atoms with Gasteiger partial charge >= 0.3 is 0 Å². The molecule has 0 aliphatic carbocycles. The van der Waals surface area contributed by atoms with Crippen LogP contribution in [0.2, 0.25) is 0 Å². The fourth-order valence-electron chi connectivity index (χ4n) is 2.62. The summed E-state index contributed by atoms with van der Waals surface area (Å²) < 4.78 is 0. The van der Waals surface area contributed by atoms with Crippen molar-refractivity contribution in [3.05, 3.63) is 84.4 Å². The van der Waals surface area contributed by atoms with Crippen LogP contribution in [0.3, 0.4) is 0 Å². The van der Waals surface area contributed by atoms with E-state index in [1.165, 1.54) is 0 Å². The van der Waals surface area contributed by atoms with Crippen molar-refractivity contribution in [3.8, 4) is 22.8 Å². The summed E-state index contributed by atoms with van der Waals surface area (Å²) in [7, 11) is 0. The van der Waals surface area contributed by atoms with E-state index >= 15 is 0 Å². The fraction of sp³-hybridized carbons (Fsp3) is 0.0526. The van der Waals surface area contributed by atoms with Crippen molar-refractivity contribution in [2.45, 2.75) is 6.42 Å². The molecule has 0 unspecified atom stereocenters. The number of aromatic amines is 2. The Hall–Kier alpha value is -3.14. The third kappa shape index (κ3) is 2.92. The number of H-pyrrole nitrogens is 2. The van der Waals surface area contributed by atoms with Gasteiger partial charge in [-0.3, -0.25) is 9.97 Å². The minimum Gasteiger partial charge on any atom is -0.360 e. The van der Waals surface area contributed by atoms with Crippen molar-refractivity contribution < 1.29 is 0 Å². The molecule has 4 aromatic heterocycles. The van der Waals surface area contributed by atoms with Crippen LogP contribution in [-0.4, -0.2) is 19.9 Å². The highest BCUT2D eigenvalue weighted by molar-refractivity contribution is 5.55. The van der Waals surface area contributed by atoms with E-state index in [9.17, 15) is 0 Å². The van der Waals surface area contributed by atoms with Gasteiger partial charge in [0.15, 0.2) is 0 Å². The monoisotopic (exact) mass is 300 g/mol. The zero-order valence-corrected chi connectivity index (χ0v) is 12.5. The topological polar surface area (TPSA) is 57.4 Å². The number of nitrogens with zero attached hydrogens (tertiary/aromatic N) is 2. The van der Waals surface area contributed by atoms with E-state index in [-0.39, 0.29) is 0 Å². The summed E-state index contributed by atoms with van der Waals surface area (Å²) in [5.41, 5.74) is 5.97. The third-order valence-corrected chi connectivity index (χ3v) is 3.72. The summed E-state index contributed by atoms with van der Waals surface area (Å²) in [4.78, 5) is 15.8. The normalized spacial score (nSPS) is 10.8. The molecular formula is C19H16N4. The Balaban J connectivity index is 1.61. The van der Waals surface area contributed by atoms with Crippen molar-refractivity contribution in [2.75, 3.05) is 0 Å². The molecule has 4 aromatic rings. The number of pyridine rings is 2. The van der Waals surface area contributed by atoms with Gasteiger partial charge in [0.2, 0.25) is 0 Å². The third-order valence-electron chi connectivity index (χ3n) is 3.72. The van der Waals surface area contributed by atoms with Gasteiger partial charge < -0.3 is 9.97 Å². The van der Waals surface area contributed by atoms with Crippen LogP contribution in [0.25, 0.3) is 22.8 Å². The van der Waals surface area contributed by atoms with E-state index in [1.54, 1.807) is 0 Å². The predicted molar refractivity (Wildman–Crippen MR) is 90.9 cm³/mol. The van der Waals surface area contributed by atoms with Gasteiger partial charge in [-0.05, 0) is 48.5 Å². The lowest BCUT2D eigenvalue weighted by atomic mass is 10.1. The van der Waals surface area contributed by atoms with E-state index < -0.39 is 0 Å². The number of aromatic nitrogens is 4. The molecule has 4 heteroatoms. The number of hydrogen-bond acceptors (Lipinski definition) is 2. The van der Waals surface area contributed by atoms with Crippen molar-refractivity contribution >= 4 is 0 Å². The van der Waals surface area contributed by atoms with Crippen LogP contribution in [0.5, 0.6) is 0 Å². The lowest BCUT2D eigenvalue weighted by Gasteiger charge is -2.05. The predicted octanol–water partition coefficient (Wildman–Crippen LogP) is 4.06. The summed E-state index contributed by atoms with van der Waals surface area (Å²) >= 11 is 0. The van der Waals surface area contributed by atoms with Gasteiger partial charge in [-0.15, -0.1) is 0 Å². The first-order valence-electron chi connectivity index (χ1n) is 7.58. The Morgan fingerprint density at radius 3 is 1.57 bits per heavy atom. The molecule has 112 valence electrons. The second-order valence-corrected chi connectivity index (χ2v) is 5.37. The van der Waals surface area contributed by atoms with E-state index in [2.05, 4.69) is 9.97 Å². The Labute approximate surface area is 134 Å². The second kappa shape index (κ2) is 5.93. The Bertz CT molecular complexity index is 817. The molecule has 0 aromatic carbocycles. The Morgan fingerprint density at radius 1 is 0.609 bits per heavy atom. The van der Waals surface area contributed by atoms with Crippen LogP contribution in [0.1, 0.15) is 11.4 Å². The lowest BCUT2D eigenvalue weighted by molar-refractivity contribution is 1.01. The van der Waals surface area contributed by atoms with Crippen LogP contribution in [0.4, 0.5) is 0 Å². The summed E-state index contributed by atoms with van der Waals surface area (Å²) in [6.07, 6.45) is 4.53. The van der Waals surface area contributed by atoms with Crippen LogP contribution < -0.4 is 0 Å². The largest absolute Gasteiger partial charge is 0.360 e. The van der Waals surface area contributed by atoms with Crippen LogP contribution in [-0.2, 0) is 6.42 Å². The zero-order valence-electron chi connectivity index (χ0n) is 12.5. The van der Waals surface area contributed by atoms with Gasteiger partial charge in [-0.25, -0.2) is 0 Å². The van der Waals surface area contributed by atoms with Gasteiger partial charge in [0.1, 0.15) is 0 Å². The molecule has 0 aliphatic heterocycles. The molecule has 0 saturated carbocycles. The lowest BCUT2D eigenvalue weighted by Crippen LogP contribution is -1.97. The first-order chi connectivity index (χ1) is 11.4. The summed E-state index contributed by atoms with van der Waals surface area (Å²) in [6.45, 7) is 0. The maximum atomic E-state index is 4.72. The molecule has 0 radical (unpaired) electrons. The molecule has 4 heterocycles. The molecular weight excluding hydrogens is 284 g/mol. The zero-order chi connectivity index (χ0) is 15.5. The van der Waals surface area contributed by atoms with Gasteiger partial charge in [0.25, 0.3) is 0 Å². The van der Waals surface area contributed by atoms with Gasteiger partial charge in [0, 0.05) is 30.2 Å². The van der Waals surface area contributed by atoms with Crippen LogP contribution in [0, 0.1) is 0 Å². The highest BCUT2D eigenvalue weighted by atomic mass is 14.8. The highest BCUT2D eigenvalue weighted by Crippen LogP contribution is 2.18. The maximum absolute atomic E-state index is 4.72. The summed E-state index contributed by atoms with van der Waals surface area (Å²) in [5.74, 6) is 0. The van der Waals surface area contributed by atoms with Gasteiger partial charge in [-0.1, -0.05) is 12.1 Å². The van der Waals surface area contributed by atoms with Crippen molar-refractivity contribution in [1.82, 2.24) is 19.9 Å². The second-order valence-electron chi connectivity index (χ2n) is 5.37. The molecule has 0 aliphatic rings. The average molecular weight is 300 g/mol. The van der Waals surface area contributed by atoms with E-state index in [0.717, 1.165) is 34.2 Å². The SMILES string of the molecule is c1cc(Cc2cccc(-c3ccc[nH]3)n2)nc(-c2ccc[nH]2)c1. The molecule has 0 spiro atoms. The minimum absolute atomic E-state index is 0.711. The number of nitrogens with one attached hydrogen (secondary N) is 2. The van der Waals surface area contributed by atoms with Crippen molar-refractivity contribution in [2.24, 2.45) is 0 Å². The fourth-order valence-corrected chi connectivity index (χ4v) is 2.62. The molecule has 23 heavy (non-hydrogen) atoms. The average Bonchev–Trinajstić information content (AvgIpc) is 3.29. The highest BCUT2D eigenvalue weighted by Gasteiger charge is 2.05. The van der Waals surface area contributed by atoms with Crippen LogP contribution in [0.15, 0.2) is 73.1 Å². The van der Waals surface area contributed by atoms with E-state index in [0.29, 0.717) is 6.42 Å². The first kappa shape index (κ1) is 13.5. The number of hydrogen-bond donors (Lipinski definition) is 2. The van der Waals surface area contributed by atoms with Crippen LogP contribution >= 0.6 is 0 Å². The minimum atomic E-state index is 0.711. The molecule has 0 fully saturated rings. The van der Waals surface area contributed by atoms with Gasteiger partial charge in [0.05, 0.1) is 22.8 Å². The van der Waals surface area contributed by atoms with Crippen molar-refractivity contribution in [3.63, 3.8) is 0 Å². The van der Waals surface area contributed by atoms with Gasteiger partial charge in [-0.2, -0.15) is 0 Å². The standard InChI is InChI=1S/C19H16N4/c1-5-14(22-18(7-1)16-9-3-11-20-16)13-15-6-2-8-19(23-15)17-10-4-12-21-17/h1-12,20-21H,13H2. The molecule has 0 atom stereocenters. The summed E-state index contributed by atoms with van der Waals surface area (Å²) in [6, 6.07) is 20.2. The molecule has 0 bridgehead atoms. The van der Waals surface area contributed by atoms with Crippen molar-refractivity contribution in [1.29, 1.82) is 0 Å². The smallest absolute Gasteiger partial charge is 0.0867 e. The Kier molecular flexibility index (Phi) is 3.48.